The van der Waals surface area contributed by atoms with E-state index in [0.717, 1.165) is 12.1 Å². The molecule has 1 aromatic rings. The fourth-order valence-electron chi connectivity index (χ4n) is 1.46. The first kappa shape index (κ1) is 16.8. The zero-order valence-corrected chi connectivity index (χ0v) is 11.9. The van der Waals surface area contributed by atoms with E-state index in [1.54, 1.807) is 13.8 Å². The molecule has 2 atom stereocenters. The maximum Gasteiger partial charge on any atom is 0.132 e. The Hall–Kier alpha value is -0.230. The highest BCUT2D eigenvalue weighted by atomic mass is 79.9. The molecule has 1 rings (SSSR count). The molecule has 0 bridgehead atoms. The zero-order valence-electron chi connectivity index (χ0n) is 9.45. The number of hydrogen-bond acceptors (Lipinski definition) is 2. The van der Waals surface area contributed by atoms with Crippen molar-refractivity contribution >= 4 is 28.3 Å². The van der Waals surface area contributed by atoms with E-state index < -0.39 is 23.8 Å². The molecule has 0 aliphatic carbocycles. The second kappa shape index (κ2) is 6.64. The van der Waals surface area contributed by atoms with Crippen LogP contribution >= 0.6 is 28.3 Å². The minimum Gasteiger partial charge on any atom is -0.391 e. The van der Waals surface area contributed by atoms with Crippen molar-refractivity contribution in [2.45, 2.75) is 26.0 Å². The first-order valence-electron chi connectivity index (χ1n) is 4.92. The number of benzene rings is 1. The summed E-state index contributed by atoms with van der Waals surface area (Å²) in [7, 11) is 0. The molecule has 1 aromatic carbocycles. The van der Waals surface area contributed by atoms with Crippen LogP contribution in [-0.2, 0) is 0 Å². The van der Waals surface area contributed by atoms with Crippen molar-refractivity contribution in [3.8, 4) is 0 Å². The second-order valence-electron chi connectivity index (χ2n) is 4.04. The SMILES string of the molecule is CC(C)[C@H](O)[C@H](N)c1c(F)cc(Br)cc1F.Cl. The molecule has 0 unspecified atom stereocenters. The van der Waals surface area contributed by atoms with E-state index in [2.05, 4.69) is 15.9 Å². The Kier molecular flexibility index (Phi) is 6.55. The smallest absolute Gasteiger partial charge is 0.132 e. The third-order valence-electron chi connectivity index (χ3n) is 2.43. The van der Waals surface area contributed by atoms with Crippen LogP contribution in [0.3, 0.4) is 0 Å². The molecule has 0 spiro atoms. The summed E-state index contributed by atoms with van der Waals surface area (Å²) in [5, 5.41) is 9.70. The van der Waals surface area contributed by atoms with Gasteiger partial charge in [-0.05, 0) is 18.1 Å². The third kappa shape index (κ3) is 3.88. The number of aliphatic hydroxyl groups is 1. The van der Waals surface area contributed by atoms with Gasteiger partial charge in [-0.1, -0.05) is 29.8 Å². The number of halogens is 4. The van der Waals surface area contributed by atoms with Crippen LogP contribution in [0.5, 0.6) is 0 Å². The average molecular weight is 331 g/mol. The van der Waals surface area contributed by atoms with Crippen molar-refractivity contribution in [1.29, 1.82) is 0 Å². The first-order chi connectivity index (χ1) is 7.34. The highest BCUT2D eigenvalue weighted by molar-refractivity contribution is 9.10. The first-order valence-corrected chi connectivity index (χ1v) is 5.72. The molecule has 17 heavy (non-hydrogen) atoms. The van der Waals surface area contributed by atoms with Crippen LogP contribution in [0.1, 0.15) is 25.5 Å². The van der Waals surface area contributed by atoms with Crippen molar-refractivity contribution in [3.05, 3.63) is 33.8 Å². The van der Waals surface area contributed by atoms with Gasteiger partial charge in [0, 0.05) is 10.0 Å². The molecule has 0 aliphatic heterocycles. The molecular formula is C11H15BrClF2NO. The molecular weight excluding hydrogens is 315 g/mol. The van der Waals surface area contributed by atoms with Gasteiger partial charge >= 0.3 is 0 Å². The van der Waals surface area contributed by atoms with E-state index in [4.69, 9.17) is 5.73 Å². The van der Waals surface area contributed by atoms with Crippen molar-refractivity contribution in [2.24, 2.45) is 11.7 Å². The van der Waals surface area contributed by atoms with Crippen LogP contribution in [0.15, 0.2) is 16.6 Å². The van der Waals surface area contributed by atoms with E-state index in [1.807, 2.05) is 0 Å². The molecule has 6 heteroatoms. The van der Waals surface area contributed by atoms with E-state index in [-0.39, 0.29) is 23.9 Å². The lowest BCUT2D eigenvalue weighted by Gasteiger charge is -2.23. The van der Waals surface area contributed by atoms with Crippen molar-refractivity contribution in [1.82, 2.24) is 0 Å². The minimum absolute atomic E-state index is 0. The lowest BCUT2D eigenvalue weighted by Crippen LogP contribution is -2.32. The minimum atomic E-state index is -1.06. The molecule has 3 N–H and O–H groups in total. The van der Waals surface area contributed by atoms with Crippen LogP contribution in [0.2, 0.25) is 0 Å². The van der Waals surface area contributed by atoms with Gasteiger partial charge in [-0.25, -0.2) is 8.78 Å². The van der Waals surface area contributed by atoms with E-state index in [0.29, 0.717) is 4.47 Å². The van der Waals surface area contributed by atoms with Crippen LogP contribution in [-0.4, -0.2) is 11.2 Å². The standard InChI is InChI=1S/C11H14BrF2NO.ClH/c1-5(2)11(16)10(15)9-7(13)3-6(12)4-8(9)14;/h3-5,10-11,16H,15H2,1-2H3;1H/t10-,11+;/m1./s1. The molecule has 0 radical (unpaired) electrons. The topological polar surface area (TPSA) is 46.2 Å². The summed E-state index contributed by atoms with van der Waals surface area (Å²) in [6, 6.07) is 1.20. The maximum atomic E-state index is 13.5. The quantitative estimate of drug-likeness (QED) is 0.894. The summed E-state index contributed by atoms with van der Waals surface area (Å²) < 4.78 is 27.4. The predicted octanol–water partition coefficient (Wildman–Crippen LogP) is 3.17. The van der Waals surface area contributed by atoms with Crippen molar-refractivity contribution < 1.29 is 13.9 Å². The van der Waals surface area contributed by atoms with Gasteiger partial charge in [-0.2, -0.15) is 0 Å². The third-order valence-corrected chi connectivity index (χ3v) is 2.89. The van der Waals surface area contributed by atoms with Gasteiger partial charge in [0.25, 0.3) is 0 Å². The van der Waals surface area contributed by atoms with Crippen molar-refractivity contribution in [3.63, 3.8) is 0 Å². The summed E-state index contributed by atoms with van der Waals surface area (Å²) in [5.41, 5.74) is 5.37. The summed E-state index contributed by atoms with van der Waals surface area (Å²) in [6.45, 7) is 3.47. The van der Waals surface area contributed by atoms with Gasteiger partial charge in [0.2, 0.25) is 0 Å². The lowest BCUT2D eigenvalue weighted by molar-refractivity contribution is 0.0952. The molecule has 98 valence electrons. The number of nitrogens with two attached hydrogens (primary N) is 1. The molecule has 0 aliphatic rings. The number of hydrogen-bond donors (Lipinski definition) is 2. The molecule has 0 saturated carbocycles. The van der Waals surface area contributed by atoms with Crippen LogP contribution in [0.4, 0.5) is 8.78 Å². The van der Waals surface area contributed by atoms with Gasteiger partial charge in [0.15, 0.2) is 0 Å². The molecule has 0 aromatic heterocycles. The average Bonchev–Trinajstić information content (AvgIpc) is 2.14. The fourth-order valence-corrected chi connectivity index (χ4v) is 1.86. The Morgan fingerprint density at radius 3 is 2.00 bits per heavy atom. The summed E-state index contributed by atoms with van der Waals surface area (Å²) in [6.07, 6.45) is -0.981. The van der Waals surface area contributed by atoms with E-state index >= 15 is 0 Å². The summed E-state index contributed by atoms with van der Waals surface area (Å²) in [4.78, 5) is 0. The van der Waals surface area contributed by atoms with Gasteiger partial charge in [0.1, 0.15) is 11.6 Å². The van der Waals surface area contributed by atoms with Gasteiger partial charge in [-0.3, -0.25) is 0 Å². The molecule has 0 saturated heterocycles. The number of aliphatic hydroxyl groups excluding tert-OH is 1. The maximum absolute atomic E-state index is 13.5. The Morgan fingerprint density at radius 1 is 1.24 bits per heavy atom. The Bertz CT molecular complexity index is 367. The summed E-state index contributed by atoms with van der Waals surface area (Å²) in [5.74, 6) is -1.67. The molecule has 0 heterocycles. The highest BCUT2D eigenvalue weighted by Crippen LogP contribution is 2.27. The Labute approximate surface area is 114 Å². The van der Waals surface area contributed by atoms with Crippen LogP contribution in [0, 0.1) is 17.6 Å². The number of rotatable bonds is 3. The Morgan fingerprint density at radius 2 is 1.65 bits per heavy atom. The normalized spacial score (nSPS) is 14.4. The lowest BCUT2D eigenvalue weighted by atomic mass is 9.94. The second-order valence-corrected chi connectivity index (χ2v) is 4.96. The van der Waals surface area contributed by atoms with Gasteiger partial charge in [-0.15, -0.1) is 12.4 Å². The van der Waals surface area contributed by atoms with Crippen LogP contribution < -0.4 is 5.73 Å². The van der Waals surface area contributed by atoms with E-state index in [9.17, 15) is 13.9 Å². The van der Waals surface area contributed by atoms with E-state index in [1.165, 1.54) is 0 Å². The van der Waals surface area contributed by atoms with Crippen molar-refractivity contribution in [2.75, 3.05) is 0 Å². The largest absolute Gasteiger partial charge is 0.391 e. The van der Waals surface area contributed by atoms with Crippen LogP contribution in [0.25, 0.3) is 0 Å². The highest BCUT2D eigenvalue weighted by Gasteiger charge is 2.26. The van der Waals surface area contributed by atoms with Gasteiger partial charge < -0.3 is 10.8 Å². The monoisotopic (exact) mass is 329 g/mol. The molecule has 0 fully saturated rings. The molecule has 2 nitrogen and oxygen atoms in total. The zero-order chi connectivity index (χ0) is 12.5. The van der Waals surface area contributed by atoms with Gasteiger partial charge in [0.05, 0.1) is 12.1 Å². The molecule has 0 amide bonds. The fraction of sp³-hybridized carbons (Fsp3) is 0.455. The summed E-state index contributed by atoms with van der Waals surface area (Å²) >= 11 is 2.98. The predicted molar refractivity (Wildman–Crippen MR) is 69.1 cm³/mol. The Balaban J connectivity index is 0.00000256.